The van der Waals surface area contributed by atoms with Crippen LogP contribution in [0.3, 0.4) is 0 Å². The average molecular weight is 345 g/mol. The van der Waals surface area contributed by atoms with Crippen LogP contribution in [0.2, 0.25) is 0 Å². The third-order valence-electron chi connectivity index (χ3n) is 4.22. The SMILES string of the molecule is CNCc1[nH]c(C#N)c(COC)c1-c1ccc(CO)c(CO)c1CO. The zero-order valence-corrected chi connectivity index (χ0v) is 14.4. The van der Waals surface area contributed by atoms with Crippen LogP contribution in [0.5, 0.6) is 0 Å². The molecule has 0 amide bonds. The number of hydrogen-bond acceptors (Lipinski definition) is 6. The first-order chi connectivity index (χ1) is 12.2. The summed E-state index contributed by atoms with van der Waals surface area (Å²) in [6.45, 7) is -0.0872. The fourth-order valence-electron chi connectivity index (χ4n) is 3.12. The highest BCUT2D eigenvalue weighted by atomic mass is 16.5. The minimum atomic E-state index is -0.296. The highest BCUT2D eigenvalue weighted by Gasteiger charge is 2.22. The Morgan fingerprint density at radius 3 is 2.36 bits per heavy atom. The molecule has 0 aliphatic rings. The van der Waals surface area contributed by atoms with Gasteiger partial charge in [0.15, 0.2) is 0 Å². The van der Waals surface area contributed by atoms with Crippen LogP contribution in [0.4, 0.5) is 0 Å². The highest BCUT2D eigenvalue weighted by molar-refractivity contribution is 5.77. The number of benzene rings is 1. The number of aromatic amines is 1. The first kappa shape index (κ1) is 19.1. The fourth-order valence-corrected chi connectivity index (χ4v) is 3.12. The quantitative estimate of drug-likeness (QED) is 0.484. The lowest BCUT2D eigenvalue weighted by Crippen LogP contribution is -2.08. The number of nitrogens with zero attached hydrogens (tertiary/aromatic N) is 1. The third-order valence-corrected chi connectivity index (χ3v) is 4.22. The van der Waals surface area contributed by atoms with Crippen molar-refractivity contribution in [1.29, 1.82) is 5.26 Å². The van der Waals surface area contributed by atoms with E-state index in [1.54, 1.807) is 26.3 Å². The minimum absolute atomic E-state index is 0.228. The molecule has 25 heavy (non-hydrogen) atoms. The molecule has 0 radical (unpaired) electrons. The third kappa shape index (κ3) is 3.58. The molecule has 0 aliphatic heterocycles. The summed E-state index contributed by atoms with van der Waals surface area (Å²) in [6.07, 6.45) is 0. The van der Waals surface area contributed by atoms with Gasteiger partial charge in [0.1, 0.15) is 11.8 Å². The van der Waals surface area contributed by atoms with Crippen LogP contribution in [0, 0.1) is 11.3 Å². The summed E-state index contributed by atoms with van der Waals surface area (Å²) in [5.41, 5.74) is 4.98. The van der Waals surface area contributed by atoms with Crippen LogP contribution in [0.25, 0.3) is 11.1 Å². The van der Waals surface area contributed by atoms with Crippen molar-refractivity contribution < 1.29 is 20.1 Å². The van der Waals surface area contributed by atoms with E-state index in [2.05, 4.69) is 16.4 Å². The maximum atomic E-state index is 9.90. The first-order valence-corrected chi connectivity index (χ1v) is 7.90. The van der Waals surface area contributed by atoms with Crippen LogP contribution in [0.1, 0.15) is 33.6 Å². The molecule has 0 aliphatic carbocycles. The van der Waals surface area contributed by atoms with Crippen molar-refractivity contribution in [2.45, 2.75) is 33.0 Å². The van der Waals surface area contributed by atoms with E-state index in [1.165, 1.54) is 0 Å². The van der Waals surface area contributed by atoms with Gasteiger partial charge in [-0.1, -0.05) is 12.1 Å². The Hall–Kier alpha value is -2.21. The predicted molar refractivity (Wildman–Crippen MR) is 92.2 cm³/mol. The number of aromatic nitrogens is 1. The highest BCUT2D eigenvalue weighted by Crippen LogP contribution is 2.36. The van der Waals surface area contributed by atoms with E-state index in [1.807, 2.05) is 0 Å². The largest absolute Gasteiger partial charge is 0.392 e. The van der Waals surface area contributed by atoms with Gasteiger partial charge < -0.3 is 30.4 Å². The Labute approximate surface area is 146 Å². The molecule has 0 saturated heterocycles. The van der Waals surface area contributed by atoms with E-state index in [-0.39, 0.29) is 26.4 Å². The Morgan fingerprint density at radius 1 is 1.12 bits per heavy atom. The van der Waals surface area contributed by atoms with E-state index in [9.17, 15) is 20.6 Å². The number of aliphatic hydroxyl groups is 3. The second kappa shape index (κ2) is 8.76. The van der Waals surface area contributed by atoms with E-state index in [0.717, 1.165) is 11.3 Å². The number of rotatable bonds is 8. The summed E-state index contributed by atoms with van der Waals surface area (Å²) >= 11 is 0. The molecule has 1 aromatic carbocycles. The van der Waals surface area contributed by atoms with Gasteiger partial charge in [0.25, 0.3) is 0 Å². The van der Waals surface area contributed by atoms with Gasteiger partial charge >= 0.3 is 0 Å². The van der Waals surface area contributed by atoms with E-state index < -0.39 is 0 Å². The summed E-state index contributed by atoms with van der Waals surface area (Å²) in [7, 11) is 3.35. The molecule has 0 saturated carbocycles. The van der Waals surface area contributed by atoms with Gasteiger partial charge in [-0.15, -0.1) is 0 Å². The number of aliphatic hydroxyl groups excluding tert-OH is 3. The zero-order valence-electron chi connectivity index (χ0n) is 14.4. The van der Waals surface area contributed by atoms with Crippen molar-refractivity contribution in [3.05, 3.63) is 45.8 Å². The van der Waals surface area contributed by atoms with Crippen molar-refractivity contribution in [3.63, 3.8) is 0 Å². The van der Waals surface area contributed by atoms with Crippen molar-refractivity contribution in [2.75, 3.05) is 14.2 Å². The smallest absolute Gasteiger partial charge is 0.124 e. The van der Waals surface area contributed by atoms with Crippen LogP contribution in [-0.4, -0.2) is 34.5 Å². The molecule has 0 unspecified atom stereocenters. The van der Waals surface area contributed by atoms with Gasteiger partial charge in [-0.25, -0.2) is 0 Å². The van der Waals surface area contributed by atoms with Crippen molar-refractivity contribution in [3.8, 4) is 17.2 Å². The van der Waals surface area contributed by atoms with Crippen LogP contribution in [-0.2, 0) is 37.7 Å². The zero-order chi connectivity index (χ0) is 18.4. The molecule has 7 nitrogen and oxygen atoms in total. The van der Waals surface area contributed by atoms with Crippen molar-refractivity contribution in [2.24, 2.45) is 0 Å². The number of nitriles is 1. The topological polar surface area (TPSA) is 122 Å². The predicted octanol–water partition coefficient (Wildman–Crippen LogP) is 0.896. The number of H-pyrrole nitrogens is 1. The molecule has 1 aromatic heterocycles. The Kier molecular flexibility index (Phi) is 6.70. The molecule has 1 heterocycles. The molecule has 0 spiro atoms. The molecule has 2 rings (SSSR count). The molecule has 0 bridgehead atoms. The van der Waals surface area contributed by atoms with Crippen LogP contribution < -0.4 is 5.32 Å². The van der Waals surface area contributed by atoms with Gasteiger partial charge in [0.2, 0.25) is 0 Å². The van der Waals surface area contributed by atoms with E-state index in [0.29, 0.717) is 40.1 Å². The average Bonchev–Trinajstić information content (AvgIpc) is 2.98. The van der Waals surface area contributed by atoms with Gasteiger partial charge in [-0.3, -0.25) is 0 Å². The monoisotopic (exact) mass is 345 g/mol. The van der Waals surface area contributed by atoms with Gasteiger partial charge in [-0.2, -0.15) is 5.26 Å². The molecular formula is C18H23N3O4. The maximum Gasteiger partial charge on any atom is 0.124 e. The Bertz CT molecular complexity index is 778. The lowest BCUT2D eigenvalue weighted by molar-refractivity contribution is 0.185. The van der Waals surface area contributed by atoms with Crippen LogP contribution >= 0.6 is 0 Å². The van der Waals surface area contributed by atoms with Crippen molar-refractivity contribution >= 4 is 0 Å². The normalized spacial score (nSPS) is 10.9. The Balaban J connectivity index is 2.80. The lowest BCUT2D eigenvalue weighted by atomic mass is 9.90. The van der Waals surface area contributed by atoms with Gasteiger partial charge in [0.05, 0.1) is 26.4 Å². The summed E-state index contributed by atoms with van der Waals surface area (Å²) < 4.78 is 5.26. The molecule has 134 valence electrons. The maximum absolute atomic E-state index is 9.90. The van der Waals surface area contributed by atoms with Crippen LogP contribution in [0.15, 0.2) is 12.1 Å². The number of hydrogen-bond donors (Lipinski definition) is 5. The molecule has 5 N–H and O–H groups in total. The van der Waals surface area contributed by atoms with E-state index >= 15 is 0 Å². The summed E-state index contributed by atoms with van der Waals surface area (Å²) in [5, 5.41) is 41.6. The molecule has 0 fully saturated rings. The fraction of sp³-hybridized carbons (Fsp3) is 0.389. The summed E-state index contributed by atoms with van der Waals surface area (Å²) in [5.74, 6) is 0. The summed E-state index contributed by atoms with van der Waals surface area (Å²) in [6, 6.07) is 5.65. The lowest BCUT2D eigenvalue weighted by Gasteiger charge is -2.17. The van der Waals surface area contributed by atoms with Crippen molar-refractivity contribution in [1.82, 2.24) is 10.3 Å². The minimum Gasteiger partial charge on any atom is -0.392 e. The summed E-state index contributed by atoms with van der Waals surface area (Å²) in [4.78, 5) is 3.10. The Morgan fingerprint density at radius 2 is 1.84 bits per heavy atom. The van der Waals surface area contributed by atoms with Gasteiger partial charge in [-0.05, 0) is 29.3 Å². The van der Waals surface area contributed by atoms with Gasteiger partial charge in [0, 0.05) is 30.5 Å². The number of nitrogens with one attached hydrogen (secondary N) is 2. The first-order valence-electron chi connectivity index (χ1n) is 7.90. The van der Waals surface area contributed by atoms with E-state index in [4.69, 9.17) is 4.74 Å². The second-order valence-corrected chi connectivity index (χ2v) is 5.61. The molecule has 0 atom stereocenters. The second-order valence-electron chi connectivity index (χ2n) is 5.61. The number of ether oxygens (including phenoxy) is 1. The standard InChI is InChI=1S/C18H23N3O4/c1-20-6-17-18(15(10-25-2)16(5-19)21-17)12-4-3-11(7-22)13(8-23)14(12)9-24/h3-4,20-24H,6-10H2,1-2H3. The molecule has 7 heteroatoms. The molecular weight excluding hydrogens is 322 g/mol. The molecule has 2 aromatic rings. The number of methoxy groups -OCH3 is 1.